The summed E-state index contributed by atoms with van der Waals surface area (Å²) in [6.45, 7) is 0.363. The molecule has 0 aromatic rings. The van der Waals surface area contributed by atoms with Gasteiger partial charge in [-0.25, -0.2) is 0 Å². The standard InChI is InChI=1S/C12H21NO6/c14-8(7-9(15)16)12(11(18)19)5-3-1-2-4-6-13-10(12)17/h9,11,15-16,18-19H,1-7H2,(H,13,17). The van der Waals surface area contributed by atoms with Crippen LogP contribution in [0.5, 0.6) is 0 Å². The molecule has 110 valence electrons. The van der Waals surface area contributed by atoms with Crippen molar-refractivity contribution in [2.75, 3.05) is 6.54 Å². The lowest BCUT2D eigenvalue weighted by Gasteiger charge is -2.32. The third kappa shape index (κ3) is 3.73. The number of aliphatic hydroxyl groups is 4. The molecule has 0 aromatic carbocycles. The van der Waals surface area contributed by atoms with Gasteiger partial charge in [0.05, 0.1) is 6.42 Å². The molecule has 0 spiro atoms. The van der Waals surface area contributed by atoms with Gasteiger partial charge in [0.2, 0.25) is 5.91 Å². The van der Waals surface area contributed by atoms with E-state index in [2.05, 4.69) is 5.32 Å². The SMILES string of the molecule is O=C(CC(O)O)C1(C(O)O)CCCCCCNC1=O. The van der Waals surface area contributed by atoms with Gasteiger partial charge in [-0.15, -0.1) is 0 Å². The van der Waals surface area contributed by atoms with Gasteiger partial charge in [-0.1, -0.05) is 19.3 Å². The fraction of sp³-hybridized carbons (Fsp3) is 0.833. The number of aliphatic hydroxyl groups excluding tert-OH is 2. The highest BCUT2D eigenvalue weighted by Crippen LogP contribution is 2.32. The first-order chi connectivity index (χ1) is 8.91. The topological polar surface area (TPSA) is 127 Å². The van der Waals surface area contributed by atoms with E-state index in [1.165, 1.54) is 0 Å². The Morgan fingerprint density at radius 3 is 2.37 bits per heavy atom. The molecule has 7 heteroatoms. The zero-order chi connectivity index (χ0) is 14.5. The summed E-state index contributed by atoms with van der Waals surface area (Å²) in [5.74, 6) is -1.62. The molecule has 1 unspecified atom stereocenters. The van der Waals surface area contributed by atoms with Gasteiger partial charge in [-0.05, 0) is 12.8 Å². The Morgan fingerprint density at radius 1 is 1.16 bits per heavy atom. The highest BCUT2D eigenvalue weighted by Gasteiger charge is 2.50. The van der Waals surface area contributed by atoms with Crippen LogP contribution < -0.4 is 5.32 Å². The van der Waals surface area contributed by atoms with Gasteiger partial charge in [0, 0.05) is 6.54 Å². The molecule has 1 aliphatic rings. The molecule has 1 heterocycles. The van der Waals surface area contributed by atoms with Crippen LogP contribution in [0.2, 0.25) is 0 Å². The number of hydrogen-bond donors (Lipinski definition) is 5. The number of carbonyl (C=O) groups is 2. The Labute approximate surface area is 111 Å². The van der Waals surface area contributed by atoms with Crippen LogP contribution in [0.4, 0.5) is 0 Å². The first kappa shape index (κ1) is 16.0. The van der Waals surface area contributed by atoms with E-state index in [-0.39, 0.29) is 6.42 Å². The fourth-order valence-corrected chi connectivity index (χ4v) is 2.36. The zero-order valence-corrected chi connectivity index (χ0v) is 10.7. The molecule has 19 heavy (non-hydrogen) atoms. The van der Waals surface area contributed by atoms with Crippen LogP contribution >= 0.6 is 0 Å². The lowest BCUT2D eigenvalue weighted by molar-refractivity contribution is -0.178. The molecule has 5 N–H and O–H groups in total. The highest BCUT2D eigenvalue weighted by atomic mass is 16.5. The van der Waals surface area contributed by atoms with E-state index < -0.39 is 36.1 Å². The van der Waals surface area contributed by atoms with E-state index in [4.69, 9.17) is 10.2 Å². The lowest BCUT2D eigenvalue weighted by atomic mass is 9.75. The second-order valence-electron chi connectivity index (χ2n) is 4.87. The number of amides is 1. The minimum atomic E-state index is -2.16. The summed E-state index contributed by atoms with van der Waals surface area (Å²) in [6.07, 6.45) is -1.86. The van der Waals surface area contributed by atoms with Crippen LogP contribution in [-0.4, -0.2) is 51.2 Å². The third-order valence-corrected chi connectivity index (χ3v) is 3.49. The molecule has 1 aliphatic heterocycles. The molecule has 7 nitrogen and oxygen atoms in total. The molecule has 1 saturated heterocycles. The lowest BCUT2D eigenvalue weighted by Crippen LogP contribution is -2.54. The second-order valence-corrected chi connectivity index (χ2v) is 4.87. The zero-order valence-electron chi connectivity index (χ0n) is 10.7. The molecule has 0 aliphatic carbocycles. The predicted octanol–water partition coefficient (Wildman–Crippen LogP) is -1.37. The monoisotopic (exact) mass is 275 g/mol. The minimum absolute atomic E-state index is 0.0119. The summed E-state index contributed by atoms with van der Waals surface area (Å²) in [7, 11) is 0. The molecular weight excluding hydrogens is 254 g/mol. The molecule has 1 rings (SSSR count). The second kappa shape index (κ2) is 6.95. The summed E-state index contributed by atoms with van der Waals surface area (Å²) >= 11 is 0. The van der Waals surface area contributed by atoms with E-state index in [0.29, 0.717) is 13.0 Å². The van der Waals surface area contributed by atoms with Crippen molar-refractivity contribution in [2.45, 2.75) is 51.1 Å². The van der Waals surface area contributed by atoms with Crippen molar-refractivity contribution < 1.29 is 30.0 Å². The van der Waals surface area contributed by atoms with Crippen molar-refractivity contribution >= 4 is 11.7 Å². The van der Waals surface area contributed by atoms with Crippen molar-refractivity contribution in [1.82, 2.24) is 5.32 Å². The average molecular weight is 275 g/mol. The normalized spacial score (nSPS) is 25.7. The molecule has 1 fully saturated rings. The van der Waals surface area contributed by atoms with Gasteiger partial charge in [-0.3, -0.25) is 9.59 Å². The highest BCUT2D eigenvalue weighted by molar-refractivity contribution is 6.06. The molecule has 0 saturated carbocycles. The molecule has 0 radical (unpaired) electrons. The average Bonchev–Trinajstić information content (AvgIpc) is 2.39. The summed E-state index contributed by atoms with van der Waals surface area (Å²) in [5.41, 5.74) is -2.01. The number of Topliss-reactive ketones (excluding diaryl/α,β-unsaturated/α-hetero) is 1. The Bertz CT molecular complexity index is 330. The smallest absolute Gasteiger partial charge is 0.238 e. The quantitative estimate of drug-likeness (QED) is 0.318. The largest absolute Gasteiger partial charge is 0.368 e. The number of hydrogen-bond acceptors (Lipinski definition) is 6. The fourth-order valence-electron chi connectivity index (χ4n) is 2.36. The van der Waals surface area contributed by atoms with Gasteiger partial charge in [0.25, 0.3) is 0 Å². The predicted molar refractivity (Wildman–Crippen MR) is 64.6 cm³/mol. The number of nitrogens with one attached hydrogen (secondary N) is 1. The Kier molecular flexibility index (Phi) is 5.86. The molecule has 1 atom stereocenters. The van der Waals surface area contributed by atoms with Crippen molar-refractivity contribution in [2.24, 2.45) is 5.41 Å². The first-order valence-corrected chi connectivity index (χ1v) is 6.45. The van der Waals surface area contributed by atoms with Crippen LogP contribution in [0.1, 0.15) is 38.5 Å². The summed E-state index contributed by atoms with van der Waals surface area (Å²) in [5, 5.41) is 39.2. The molecular formula is C12H21NO6. The Balaban J connectivity index is 3.03. The minimum Gasteiger partial charge on any atom is -0.368 e. The maximum atomic E-state index is 12.1. The number of carbonyl (C=O) groups excluding carboxylic acids is 2. The number of rotatable bonds is 4. The Hall–Kier alpha value is -1.02. The Morgan fingerprint density at radius 2 is 1.79 bits per heavy atom. The number of ketones is 1. The van der Waals surface area contributed by atoms with Gasteiger partial charge < -0.3 is 25.7 Å². The van der Waals surface area contributed by atoms with Crippen molar-refractivity contribution in [3.8, 4) is 0 Å². The maximum absolute atomic E-state index is 12.1. The molecule has 0 aromatic heterocycles. The van der Waals surface area contributed by atoms with Gasteiger partial charge in [-0.2, -0.15) is 0 Å². The van der Waals surface area contributed by atoms with Gasteiger partial charge in [0.1, 0.15) is 0 Å². The molecule has 0 bridgehead atoms. The van der Waals surface area contributed by atoms with E-state index in [1.54, 1.807) is 0 Å². The van der Waals surface area contributed by atoms with Crippen LogP contribution in [-0.2, 0) is 9.59 Å². The van der Waals surface area contributed by atoms with Crippen LogP contribution in [0.15, 0.2) is 0 Å². The maximum Gasteiger partial charge on any atom is 0.238 e. The van der Waals surface area contributed by atoms with Crippen molar-refractivity contribution in [3.05, 3.63) is 0 Å². The van der Waals surface area contributed by atoms with E-state index in [0.717, 1.165) is 19.3 Å². The van der Waals surface area contributed by atoms with Gasteiger partial charge in [0.15, 0.2) is 23.8 Å². The van der Waals surface area contributed by atoms with Crippen LogP contribution in [0.3, 0.4) is 0 Å². The van der Waals surface area contributed by atoms with E-state index >= 15 is 0 Å². The van der Waals surface area contributed by atoms with Crippen LogP contribution in [0, 0.1) is 5.41 Å². The van der Waals surface area contributed by atoms with Crippen molar-refractivity contribution in [3.63, 3.8) is 0 Å². The van der Waals surface area contributed by atoms with Gasteiger partial charge >= 0.3 is 0 Å². The van der Waals surface area contributed by atoms with E-state index in [1.807, 2.05) is 0 Å². The summed E-state index contributed by atoms with van der Waals surface area (Å²) in [6, 6.07) is 0. The summed E-state index contributed by atoms with van der Waals surface area (Å²) < 4.78 is 0. The first-order valence-electron chi connectivity index (χ1n) is 6.45. The van der Waals surface area contributed by atoms with Crippen molar-refractivity contribution in [1.29, 1.82) is 0 Å². The van der Waals surface area contributed by atoms with Crippen LogP contribution in [0.25, 0.3) is 0 Å². The summed E-state index contributed by atoms with van der Waals surface area (Å²) in [4.78, 5) is 24.1. The van der Waals surface area contributed by atoms with E-state index in [9.17, 15) is 19.8 Å². The molecule has 1 amide bonds. The third-order valence-electron chi connectivity index (χ3n) is 3.49.